The number of hydrogen-bond acceptors (Lipinski definition) is 4. The van der Waals surface area contributed by atoms with Gasteiger partial charge in [-0.3, -0.25) is 0 Å². The molecule has 0 amide bonds. The highest BCUT2D eigenvalue weighted by Crippen LogP contribution is 2.11. The van der Waals surface area contributed by atoms with Gasteiger partial charge in [-0.05, 0) is 42.7 Å². The Morgan fingerprint density at radius 3 is 2.56 bits per heavy atom. The standard InChI is InChI=1S/C20H27ClN4O2/c1-3-27-12-4-11-22-20(25-15-17-7-10-19(21)23-14-17)24-13-16-5-8-18(26-2)9-6-16/h5-10,14H,3-4,11-13,15H2,1-2H3,(H2,22,24,25). The highest BCUT2D eigenvalue weighted by atomic mass is 35.5. The monoisotopic (exact) mass is 390 g/mol. The van der Waals surface area contributed by atoms with Crippen LogP contribution >= 0.6 is 11.6 Å². The number of benzene rings is 1. The normalized spacial score (nSPS) is 11.3. The van der Waals surface area contributed by atoms with Gasteiger partial charge in [0.1, 0.15) is 10.9 Å². The summed E-state index contributed by atoms with van der Waals surface area (Å²) in [7, 11) is 1.66. The maximum Gasteiger partial charge on any atom is 0.191 e. The molecule has 1 aromatic heterocycles. The van der Waals surface area contributed by atoms with Crippen molar-refractivity contribution in [3.05, 3.63) is 58.9 Å². The summed E-state index contributed by atoms with van der Waals surface area (Å²) in [6.07, 6.45) is 2.65. The fraction of sp³-hybridized carbons (Fsp3) is 0.400. The van der Waals surface area contributed by atoms with Gasteiger partial charge in [-0.2, -0.15) is 0 Å². The van der Waals surface area contributed by atoms with Gasteiger partial charge in [0.25, 0.3) is 0 Å². The molecule has 0 fully saturated rings. The van der Waals surface area contributed by atoms with E-state index in [1.54, 1.807) is 19.4 Å². The molecule has 0 bridgehead atoms. The number of pyridine rings is 1. The van der Waals surface area contributed by atoms with Gasteiger partial charge in [-0.25, -0.2) is 9.98 Å². The van der Waals surface area contributed by atoms with Gasteiger partial charge in [0, 0.05) is 32.5 Å². The van der Waals surface area contributed by atoms with Gasteiger partial charge in [-0.1, -0.05) is 29.8 Å². The van der Waals surface area contributed by atoms with Crippen molar-refractivity contribution in [1.29, 1.82) is 0 Å². The third-order valence-electron chi connectivity index (χ3n) is 3.79. The van der Waals surface area contributed by atoms with Crippen LogP contribution in [0.3, 0.4) is 0 Å². The lowest BCUT2D eigenvalue weighted by Gasteiger charge is -2.13. The predicted octanol–water partition coefficient (Wildman–Crippen LogP) is 3.41. The van der Waals surface area contributed by atoms with Gasteiger partial charge in [-0.15, -0.1) is 0 Å². The lowest BCUT2D eigenvalue weighted by Crippen LogP contribution is -2.37. The number of rotatable bonds is 10. The minimum atomic E-state index is 0.481. The van der Waals surface area contributed by atoms with Crippen LogP contribution in [-0.4, -0.2) is 37.8 Å². The second-order valence-corrected chi connectivity index (χ2v) is 6.22. The van der Waals surface area contributed by atoms with E-state index < -0.39 is 0 Å². The van der Waals surface area contributed by atoms with E-state index in [9.17, 15) is 0 Å². The van der Waals surface area contributed by atoms with E-state index in [2.05, 4.69) is 20.6 Å². The number of nitrogens with one attached hydrogen (secondary N) is 2. The van der Waals surface area contributed by atoms with E-state index >= 15 is 0 Å². The number of ether oxygens (including phenoxy) is 2. The van der Waals surface area contributed by atoms with Crippen LogP contribution in [0.1, 0.15) is 24.5 Å². The van der Waals surface area contributed by atoms with Crippen LogP contribution in [-0.2, 0) is 17.8 Å². The van der Waals surface area contributed by atoms with Crippen molar-refractivity contribution in [3.63, 3.8) is 0 Å². The summed E-state index contributed by atoms with van der Waals surface area (Å²) in [5.41, 5.74) is 2.15. The third-order valence-corrected chi connectivity index (χ3v) is 4.01. The SMILES string of the molecule is CCOCCCNC(=NCc1ccc(Cl)nc1)NCc1ccc(OC)cc1. The molecule has 2 rings (SSSR count). The van der Waals surface area contributed by atoms with E-state index in [1.807, 2.05) is 37.3 Å². The second-order valence-electron chi connectivity index (χ2n) is 5.83. The molecule has 0 atom stereocenters. The van der Waals surface area contributed by atoms with Crippen molar-refractivity contribution in [1.82, 2.24) is 15.6 Å². The van der Waals surface area contributed by atoms with Crippen molar-refractivity contribution in [2.24, 2.45) is 4.99 Å². The Morgan fingerprint density at radius 2 is 1.89 bits per heavy atom. The zero-order valence-corrected chi connectivity index (χ0v) is 16.6. The van der Waals surface area contributed by atoms with E-state index in [4.69, 9.17) is 21.1 Å². The number of halogens is 1. The Bertz CT molecular complexity index is 690. The molecule has 0 aliphatic heterocycles. The lowest BCUT2D eigenvalue weighted by atomic mass is 10.2. The highest BCUT2D eigenvalue weighted by Gasteiger charge is 2.01. The molecule has 0 spiro atoms. The maximum atomic E-state index is 5.83. The van der Waals surface area contributed by atoms with Crippen LogP contribution in [0.25, 0.3) is 0 Å². The maximum absolute atomic E-state index is 5.83. The lowest BCUT2D eigenvalue weighted by molar-refractivity contribution is 0.145. The van der Waals surface area contributed by atoms with Crippen LogP contribution in [0.15, 0.2) is 47.6 Å². The summed E-state index contributed by atoms with van der Waals surface area (Å²) in [6.45, 7) is 5.44. The summed E-state index contributed by atoms with van der Waals surface area (Å²) in [6, 6.07) is 11.6. The van der Waals surface area contributed by atoms with E-state index in [0.29, 0.717) is 18.2 Å². The van der Waals surface area contributed by atoms with Gasteiger partial charge in [0.15, 0.2) is 5.96 Å². The van der Waals surface area contributed by atoms with Gasteiger partial charge in [0.05, 0.1) is 13.7 Å². The molecule has 0 saturated heterocycles. The molecule has 0 aliphatic carbocycles. The van der Waals surface area contributed by atoms with Crippen LogP contribution in [0.2, 0.25) is 5.15 Å². The summed E-state index contributed by atoms with van der Waals surface area (Å²) in [4.78, 5) is 8.73. The first-order valence-electron chi connectivity index (χ1n) is 9.04. The zero-order chi connectivity index (χ0) is 19.3. The van der Waals surface area contributed by atoms with Crippen molar-refractivity contribution in [3.8, 4) is 5.75 Å². The molecule has 146 valence electrons. The zero-order valence-electron chi connectivity index (χ0n) is 15.9. The van der Waals surface area contributed by atoms with Crippen LogP contribution in [0.5, 0.6) is 5.75 Å². The number of aromatic nitrogens is 1. The molecule has 0 saturated carbocycles. The molecule has 7 heteroatoms. The Kier molecular flexibility index (Phi) is 9.44. The van der Waals surface area contributed by atoms with Crippen LogP contribution in [0.4, 0.5) is 0 Å². The van der Waals surface area contributed by atoms with Crippen LogP contribution < -0.4 is 15.4 Å². The summed E-state index contributed by atoms with van der Waals surface area (Å²) >= 11 is 5.83. The van der Waals surface area contributed by atoms with Gasteiger partial charge >= 0.3 is 0 Å². The molecule has 2 aromatic rings. The van der Waals surface area contributed by atoms with Crippen molar-refractivity contribution in [2.45, 2.75) is 26.4 Å². The molecule has 0 unspecified atom stereocenters. The first-order valence-corrected chi connectivity index (χ1v) is 9.42. The Labute approximate surface area is 166 Å². The predicted molar refractivity (Wildman–Crippen MR) is 109 cm³/mol. The molecule has 2 N–H and O–H groups in total. The van der Waals surface area contributed by atoms with E-state index in [1.165, 1.54) is 0 Å². The minimum absolute atomic E-state index is 0.481. The molecule has 27 heavy (non-hydrogen) atoms. The number of aliphatic imine (C=N–C) groups is 1. The molecule has 0 radical (unpaired) electrons. The molecule has 0 aliphatic rings. The van der Waals surface area contributed by atoms with E-state index in [0.717, 1.165) is 49.0 Å². The average molecular weight is 391 g/mol. The first kappa shape index (κ1) is 21.0. The molecule has 1 heterocycles. The number of methoxy groups -OCH3 is 1. The van der Waals surface area contributed by atoms with Crippen molar-refractivity contribution >= 4 is 17.6 Å². The van der Waals surface area contributed by atoms with E-state index in [-0.39, 0.29) is 0 Å². The Hall–Kier alpha value is -2.31. The largest absolute Gasteiger partial charge is 0.497 e. The first-order chi connectivity index (χ1) is 13.2. The molecular weight excluding hydrogens is 364 g/mol. The number of guanidine groups is 1. The highest BCUT2D eigenvalue weighted by molar-refractivity contribution is 6.29. The molecule has 1 aromatic carbocycles. The fourth-order valence-corrected chi connectivity index (χ4v) is 2.41. The average Bonchev–Trinajstić information content (AvgIpc) is 2.71. The van der Waals surface area contributed by atoms with Gasteiger partial charge in [0.2, 0.25) is 0 Å². The quantitative estimate of drug-likeness (QED) is 0.281. The molecular formula is C20H27ClN4O2. The minimum Gasteiger partial charge on any atom is -0.497 e. The molecule has 6 nitrogen and oxygen atoms in total. The fourth-order valence-electron chi connectivity index (χ4n) is 2.30. The number of hydrogen-bond donors (Lipinski definition) is 2. The topological polar surface area (TPSA) is 67.8 Å². The van der Waals surface area contributed by atoms with Gasteiger partial charge < -0.3 is 20.1 Å². The summed E-state index contributed by atoms with van der Waals surface area (Å²) in [5.74, 6) is 1.59. The third kappa shape index (κ3) is 8.28. The summed E-state index contributed by atoms with van der Waals surface area (Å²) < 4.78 is 10.6. The van der Waals surface area contributed by atoms with Crippen LogP contribution in [0, 0.1) is 0 Å². The van der Waals surface area contributed by atoms with Crippen molar-refractivity contribution < 1.29 is 9.47 Å². The Morgan fingerprint density at radius 1 is 1.11 bits per heavy atom. The second kappa shape index (κ2) is 12.1. The van der Waals surface area contributed by atoms with Crippen molar-refractivity contribution in [2.75, 3.05) is 26.9 Å². The smallest absolute Gasteiger partial charge is 0.191 e. The Balaban J connectivity index is 1.92. The number of nitrogens with zero attached hydrogens (tertiary/aromatic N) is 2. The summed E-state index contributed by atoms with van der Waals surface area (Å²) in [5, 5.41) is 7.18.